The zero-order valence-electron chi connectivity index (χ0n) is 13.4. The molecule has 3 nitrogen and oxygen atoms in total. The van der Waals surface area contributed by atoms with Gasteiger partial charge in [-0.25, -0.2) is 0 Å². The van der Waals surface area contributed by atoms with Crippen molar-refractivity contribution in [1.82, 2.24) is 0 Å². The van der Waals surface area contributed by atoms with Crippen LogP contribution in [0.5, 0.6) is 5.75 Å². The Morgan fingerprint density at radius 1 is 1.04 bits per heavy atom. The summed E-state index contributed by atoms with van der Waals surface area (Å²) < 4.78 is 17.1. The van der Waals surface area contributed by atoms with Crippen molar-refractivity contribution in [2.75, 3.05) is 13.7 Å². The van der Waals surface area contributed by atoms with E-state index >= 15 is 0 Å². The maximum atomic E-state index is 6.13. The normalized spacial score (nSPS) is 20.4. The van der Waals surface area contributed by atoms with Crippen LogP contribution in [0.4, 0.5) is 0 Å². The van der Waals surface area contributed by atoms with Gasteiger partial charge in [-0.15, -0.1) is 0 Å². The van der Waals surface area contributed by atoms with E-state index in [0.717, 1.165) is 17.7 Å². The lowest BCUT2D eigenvalue weighted by molar-refractivity contribution is -0.0506. The van der Waals surface area contributed by atoms with Crippen LogP contribution < -0.4 is 4.74 Å². The van der Waals surface area contributed by atoms with Crippen LogP contribution in [0.15, 0.2) is 66.7 Å². The molecular weight excluding hydrogens is 288 g/mol. The summed E-state index contributed by atoms with van der Waals surface area (Å²) in [6, 6.07) is 18.2. The Hall–Kier alpha value is -2.10. The molecule has 3 rings (SSSR count). The number of ether oxygens (including phenoxy) is 3. The molecule has 0 radical (unpaired) electrons. The van der Waals surface area contributed by atoms with Gasteiger partial charge in [0.05, 0.1) is 26.4 Å². The monoisotopic (exact) mass is 310 g/mol. The first-order valence-corrected chi connectivity index (χ1v) is 7.93. The summed E-state index contributed by atoms with van der Waals surface area (Å²) in [6.45, 7) is 1.23. The average Bonchev–Trinajstić information content (AvgIpc) is 2.63. The van der Waals surface area contributed by atoms with Crippen molar-refractivity contribution in [1.29, 1.82) is 0 Å². The van der Waals surface area contributed by atoms with E-state index in [2.05, 4.69) is 24.3 Å². The lowest BCUT2D eigenvalue weighted by Gasteiger charge is -2.26. The first-order chi connectivity index (χ1) is 11.3. The Labute approximate surface area is 137 Å². The van der Waals surface area contributed by atoms with E-state index in [1.807, 2.05) is 42.5 Å². The van der Waals surface area contributed by atoms with Crippen LogP contribution in [0.3, 0.4) is 0 Å². The lowest BCUT2D eigenvalue weighted by atomic mass is 10.0. The Kier molecular flexibility index (Phi) is 5.46. The Morgan fingerprint density at radius 3 is 2.57 bits per heavy atom. The van der Waals surface area contributed by atoms with E-state index in [0.29, 0.717) is 13.2 Å². The summed E-state index contributed by atoms with van der Waals surface area (Å²) in [7, 11) is 1.67. The van der Waals surface area contributed by atoms with Gasteiger partial charge in [-0.2, -0.15) is 0 Å². The van der Waals surface area contributed by atoms with Gasteiger partial charge in [0.15, 0.2) is 0 Å². The van der Waals surface area contributed by atoms with Crippen molar-refractivity contribution in [3.8, 4) is 5.75 Å². The molecule has 3 heteroatoms. The van der Waals surface area contributed by atoms with Crippen molar-refractivity contribution in [3.63, 3.8) is 0 Å². The zero-order valence-corrected chi connectivity index (χ0v) is 13.4. The molecule has 120 valence electrons. The highest BCUT2D eigenvalue weighted by molar-refractivity contribution is 5.30. The molecule has 0 saturated heterocycles. The van der Waals surface area contributed by atoms with Crippen molar-refractivity contribution < 1.29 is 14.2 Å². The van der Waals surface area contributed by atoms with Gasteiger partial charge in [0, 0.05) is 0 Å². The third kappa shape index (κ3) is 4.44. The van der Waals surface area contributed by atoms with Gasteiger partial charge in [0.25, 0.3) is 0 Å². The molecule has 1 heterocycles. The van der Waals surface area contributed by atoms with E-state index in [9.17, 15) is 0 Å². The summed E-state index contributed by atoms with van der Waals surface area (Å²) in [6.07, 6.45) is 5.25. The van der Waals surface area contributed by atoms with Crippen LogP contribution in [0, 0.1) is 0 Å². The Balaban J connectivity index is 1.51. The summed E-state index contributed by atoms with van der Waals surface area (Å²) in [4.78, 5) is 0. The highest BCUT2D eigenvalue weighted by Crippen LogP contribution is 2.27. The lowest BCUT2D eigenvalue weighted by Crippen LogP contribution is -2.24. The van der Waals surface area contributed by atoms with E-state index in [1.54, 1.807) is 7.11 Å². The van der Waals surface area contributed by atoms with Gasteiger partial charge in [-0.3, -0.25) is 0 Å². The summed E-state index contributed by atoms with van der Waals surface area (Å²) in [5.74, 6) is 0.858. The topological polar surface area (TPSA) is 27.7 Å². The van der Waals surface area contributed by atoms with Crippen LogP contribution >= 0.6 is 0 Å². The van der Waals surface area contributed by atoms with Gasteiger partial charge in [-0.05, 0) is 29.7 Å². The van der Waals surface area contributed by atoms with Crippen molar-refractivity contribution in [2.45, 2.75) is 25.2 Å². The molecule has 0 amide bonds. The Morgan fingerprint density at radius 2 is 1.83 bits per heavy atom. The van der Waals surface area contributed by atoms with E-state index in [1.165, 1.54) is 5.56 Å². The largest absolute Gasteiger partial charge is 0.497 e. The zero-order chi connectivity index (χ0) is 15.9. The van der Waals surface area contributed by atoms with Gasteiger partial charge in [-0.1, -0.05) is 54.6 Å². The fraction of sp³-hybridized carbons (Fsp3) is 0.300. The molecule has 0 saturated carbocycles. The highest BCUT2D eigenvalue weighted by Gasteiger charge is 2.19. The Bertz CT molecular complexity index is 619. The van der Waals surface area contributed by atoms with Crippen molar-refractivity contribution in [2.24, 2.45) is 0 Å². The quantitative estimate of drug-likeness (QED) is 0.745. The molecule has 0 N–H and O–H groups in total. The van der Waals surface area contributed by atoms with E-state index in [-0.39, 0.29) is 12.2 Å². The minimum Gasteiger partial charge on any atom is -0.497 e. The summed E-state index contributed by atoms with van der Waals surface area (Å²) in [5.41, 5.74) is 2.32. The van der Waals surface area contributed by atoms with Crippen LogP contribution in [0.2, 0.25) is 0 Å². The number of methoxy groups -OCH3 is 1. The second kappa shape index (κ2) is 7.95. The van der Waals surface area contributed by atoms with Crippen molar-refractivity contribution in [3.05, 3.63) is 77.9 Å². The molecule has 0 unspecified atom stereocenters. The van der Waals surface area contributed by atoms with E-state index < -0.39 is 0 Å². The molecule has 0 aliphatic carbocycles. The predicted octanol–water partition coefficient (Wildman–Crippen LogP) is 4.30. The minimum atomic E-state index is -0.0139. The molecule has 0 fully saturated rings. The molecule has 0 bridgehead atoms. The van der Waals surface area contributed by atoms with E-state index in [4.69, 9.17) is 14.2 Å². The molecule has 1 aliphatic heterocycles. The second-order valence-electron chi connectivity index (χ2n) is 5.62. The standard InChI is InChI=1S/C20H22O3/c1-21-18-12-10-17(11-13-18)20-9-5-8-19(23-20)15-22-14-16-6-3-2-4-7-16/h2-7,9-13,19-20H,8,14-15H2,1H3/t19-,20-/m0/s1. The van der Waals surface area contributed by atoms with Gasteiger partial charge in [0.1, 0.15) is 11.9 Å². The number of rotatable bonds is 6. The second-order valence-corrected chi connectivity index (χ2v) is 5.62. The maximum Gasteiger partial charge on any atom is 0.118 e. The maximum absolute atomic E-state index is 6.13. The molecule has 2 atom stereocenters. The van der Waals surface area contributed by atoms with Gasteiger partial charge in [0.2, 0.25) is 0 Å². The van der Waals surface area contributed by atoms with Crippen LogP contribution in [-0.2, 0) is 16.1 Å². The molecule has 1 aliphatic rings. The van der Waals surface area contributed by atoms with Crippen molar-refractivity contribution >= 4 is 0 Å². The van der Waals surface area contributed by atoms with Crippen LogP contribution in [0.1, 0.15) is 23.7 Å². The highest BCUT2D eigenvalue weighted by atomic mass is 16.5. The molecular formula is C20H22O3. The number of benzene rings is 2. The minimum absolute atomic E-state index is 0.0139. The molecule has 23 heavy (non-hydrogen) atoms. The summed E-state index contributed by atoms with van der Waals surface area (Å²) >= 11 is 0. The summed E-state index contributed by atoms with van der Waals surface area (Å²) in [5, 5.41) is 0. The first-order valence-electron chi connectivity index (χ1n) is 7.93. The fourth-order valence-electron chi connectivity index (χ4n) is 2.64. The number of hydrogen-bond acceptors (Lipinski definition) is 3. The average molecular weight is 310 g/mol. The molecule has 0 spiro atoms. The molecule has 2 aromatic rings. The smallest absolute Gasteiger partial charge is 0.118 e. The SMILES string of the molecule is COc1ccc([C@@H]2C=CC[C@@H](COCc3ccccc3)O2)cc1. The van der Waals surface area contributed by atoms with Crippen LogP contribution in [0.25, 0.3) is 0 Å². The third-order valence-electron chi connectivity index (χ3n) is 3.91. The number of hydrogen-bond donors (Lipinski definition) is 0. The van der Waals surface area contributed by atoms with Crippen LogP contribution in [-0.4, -0.2) is 19.8 Å². The van der Waals surface area contributed by atoms with Gasteiger partial charge < -0.3 is 14.2 Å². The molecule has 0 aromatic heterocycles. The predicted molar refractivity (Wildman–Crippen MR) is 90.5 cm³/mol. The van der Waals surface area contributed by atoms with Gasteiger partial charge >= 0.3 is 0 Å². The fourth-order valence-corrected chi connectivity index (χ4v) is 2.64. The third-order valence-corrected chi connectivity index (χ3v) is 3.91. The molecule has 2 aromatic carbocycles. The first kappa shape index (κ1) is 15.8.